The molecule has 7 nitrogen and oxygen atoms in total. The fourth-order valence-electron chi connectivity index (χ4n) is 3.64. The Hall–Kier alpha value is -3.32. The van der Waals surface area contributed by atoms with Crippen LogP contribution in [0.15, 0.2) is 61.1 Å². The number of ether oxygens (including phenoxy) is 1. The lowest BCUT2D eigenvalue weighted by Crippen LogP contribution is -2.34. The average Bonchev–Trinajstić information content (AvgIpc) is 2.75. The monoisotopic (exact) mass is 389 g/mol. The van der Waals surface area contributed by atoms with Gasteiger partial charge in [0.05, 0.1) is 5.69 Å². The predicted octanol–water partition coefficient (Wildman–Crippen LogP) is 3.14. The summed E-state index contributed by atoms with van der Waals surface area (Å²) in [6.45, 7) is 2.74. The van der Waals surface area contributed by atoms with E-state index in [1.54, 1.807) is 36.7 Å². The molecule has 0 saturated carbocycles. The van der Waals surface area contributed by atoms with Crippen LogP contribution in [0.3, 0.4) is 0 Å². The van der Waals surface area contributed by atoms with E-state index in [4.69, 9.17) is 10.5 Å². The number of aromatic nitrogens is 3. The summed E-state index contributed by atoms with van der Waals surface area (Å²) >= 11 is 0. The normalized spacial score (nSPS) is 17.0. The topological polar surface area (TPSA) is 94.2 Å². The highest BCUT2D eigenvalue weighted by Crippen LogP contribution is 2.33. The molecule has 148 valence electrons. The van der Waals surface area contributed by atoms with Gasteiger partial charge in [0.2, 0.25) is 11.8 Å². The van der Waals surface area contributed by atoms with Crippen LogP contribution < -0.4 is 10.5 Å². The molecule has 1 unspecified atom stereocenters. The number of primary amides is 1. The number of hydrogen-bond donors (Lipinski definition) is 1. The Labute approximate surface area is 169 Å². The van der Waals surface area contributed by atoms with Crippen molar-refractivity contribution in [1.29, 1.82) is 0 Å². The second-order valence-electron chi connectivity index (χ2n) is 7.13. The molecule has 0 aliphatic carbocycles. The zero-order chi connectivity index (χ0) is 20.1. The summed E-state index contributed by atoms with van der Waals surface area (Å²) in [5, 5.41) is 0. The molecule has 1 aliphatic rings. The molecule has 1 atom stereocenters. The van der Waals surface area contributed by atoms with Crippen molar-refractivity contribution in [2.75, 3.05) is 13.1 Å². The third-order valence-electron chi connectivity index (χ3n) is 5.05. The van der Waals surface area contributed by atoms with Gasteiger partial charge < -0.3 is 10.5 Å². The van der Waals surface area contributed by atoms with Gasteiger partial charge in [0, 0.05) is 43.2 Å². The number of likely N-dealkylation sites (tertiary alicyclic amines) is 1. The van der Waals surface area contributed by atoms with Gasteiger partial charge in [-0.05, 0) is 55.8 Å². The molecule has 1 aromatic carbocycles. The molecule has 3 aromatic rings. The molecule has 2 N–H and O–H groups in total. The summed E-state index contributed by atoms with van der Waals surface area (Å²) in [6.07, 6.45) is 7.28. The zero-order valence-electron chi connectivity index (χ0n) is 16.1. The molecule has 2 aromatic heterocycles. The van der Waals surface area contributed by atoms with Crippen molar-refractivity contribution in [2.24, 2.45) is 5.73 Å². The molecule has 4 rings (SSSR count). The second-order valence-corrected chi connectivity index (χ2v) is 7.13. The summed E-state index contributed by atoms with van der Waals surface area (Å²) in [5.41, 5.74) is 7.66. The Balaban J connectivity index is 1.49. The summed E-state index contributed by atoms with van der Waals surface area (Å²) in [7, 11) is 0. The minimum Gasteiger partial charge on any atom is -0.437 e. The zero-order valence-corrected chi connectivity index (χ0v) is 16.1. The van der Waals surface area contributed by atoms with Gasteiger partial charge in [-0.15, -0.1) is 0 Å². The van der Waals surface area contributed by atoms with Gasteiger partial charge in [0.25, 0.3) is 0 Å². The molecule has 1 saturated heterocycles. The van der Waals surface area contributed by atoms with E-state index in [1.165, 1.54) is 0 Å². The third-order valence-corrected chi connectivity index (χ3v) is 5.05. The Morgan fingerprint density at radius 1 is 1.07 bits per heavy atom. The minimum atomic E-state index is -0.466. The van der Waals surface area contributed by atoms with Gasteiger partial charge in [-0.1, -0.05) is 6.07 Å². The lowest BCUT2D eigenvalue weighted by molar-refractivity contribution is 0.100. The van der Waals surface area contributed by atoms with Crippen LogP contribution in [-0.2, 0) is 6.54 Å². The quantitative estimate of drug-likeness (QED) is 0.696. The summed E-state index contributed by atoms with van der Waals surface area (Å²) < 4.78 is 5.99. The van der Waals surface area contributed by atoms with Crippen molar-refractivity contribution in [3.63, 3.8) is 0 Å². The van der Waals surface area contributed by atoms with E-state index in [-0.39, 0.29) is 5.92 Å². The van der Waals surface area contributed by atoms with Crippen LogP contribution in [0, 0.1) is 0 Å². The molecule has 3 heterocycles. The Kier molecular flexibility index (Phi) is 5.76. The number of amides is 1. The Morgan fingerprint density at radius 3 is 2.66 bits per heavy atom. The lowest BCUT2D eigenvalue weighted by atomic mass is 9.94. The highest BCUT2D eigenvalue weighted by Gasteiger charge is 2.26. The Morgan fingerprint density at radius 2 is 1.90 bits per heavy atom. The van der Waals surface area contributed by atoms with E-state index in [0.717, 1.165) is 43.9 Å². The van der Waals surface area contributed by atoms with Crippen LogP contribution in [0.25, 0.3) is 0 Å². The maximum Gasteiger partial charge on any atom is 0.248 e. The number of nitrogens with two attached hydrogens (primary N) is 1. The highest BCUT2D eigenvalue weighted by molar-refractivity contribution is 5.92. The smallest absolute Gasteiger partial charge is 0.248 e. The summed E-state index contributed by atoms with van der Waals surface area (Å²) in [4.78, 5) is 27.1. The molecular formula is C22H23N5O2. The number of benzene rings is 1. The standard InChI is InChI=1S/C22H23N5O2/c23-21(28)16-6-8-19(9-7-16)29-22-20(25-11-12-26-22)17-4-3-13-27(14-17)15-18-5-1-2-10-24-18/h1-2,5-12,17H,3-4,13-15H2,(H2,23,28). The number of piperidine rings is 1. The van der Waals surface area contributed by atoms with Crippen molar-refractivity contribution in [1.82, 2.24) is 19.9 Å². The van der Waals surface area contributed by atoms with Crippen molar-refractivity contribution in [3.8, 4) is 11.6 Å². The van der Waals surface area contributed by atoms with E-state index >= 15 is 0 Å². The second kappa shape index (κ2) is 8.79. The predicted molar refractivity (Wildman–Crippen MR) is 109 cm³/mol. The fraction of sp³-hybridized carbons (Fsp3) is 0.273. The van der Waals surface area contributed by atoms with Crippen LogP contribution in [0.1, 0.15) is 40.5 Å². The lowest BCUT2D eigenvalue weighted by Gasteiger charge is -2.32. The van der Waals surface area contributed by atoms with Crippen LogP contribution in [0.4, 0.5) is 0 Å². The van der Waals surface area contributed by atoms with Gasteiger partial charge in [-0.25, -0.2) is 4.98 Å². The largest absolute Gasteiger partial charge is 0.437 e. The molecule has 0 spiro atoms. The van der Waals surface area contributed by atoms with Crippen molar-refractivity contribution in [3.05, 3.63) is 78.0 Å². The van der Waals surface area contributed by atoms with E-state index in [2.05, 4.69) is 25.9 Å². The molecule has 7 heteroatoms. The molecule has 0 bridgehead atoms. The molecule has 29 heavy (non-hydrogen) atoms. The van der Waals surface area contributed by atoms with Gasteiger partial charge in [0.1, 0.15) is 11.4 Å². The highest BCUT2D eigenvalue weighted by atomic mass is 16.5. The Bertz CT molecular complexity index is 962. The van der Waals surface area contributed by atoms with Crippen LogP contribution in [-0.4, -0.2) is 38.8 Å². The van der Waals surface area contributed by atoms with Crippen molar-refractivity contribution in [2.45, 2.75) is 25.3 Å². The van der Waals surface area contributed by atoms with Crippen LogP contribution in [0.5, 0.6) is 11.6 Å². The molecule has 0 radical (unpaired) electrons. The number of carbonyl (C=O) groups is 1. The van der Waals surface area contributed by atoms with E-state index in [0.29, 0.717) is 17.2 Å². The average molecular weight is 389 g/mol. The van der Waals surface area contributed by atoms with E-state index < -0.39 is 5.91 Å². The van der Waals surface area contributed by atoms with E-state index in [9.17, 15) is 4.79 Å². The van der Waals surface area contributed by atoms with Gasteiger partial charge in [-0.2, -0.15) is 0 Å². The van der Waals surface area contributed by atoms with E-state index in [1.807, 2.05) is 18.3 Å². The summed E-state index contributed by atoms with van der Waals surface area (Å²) in [6, 6.07) is 12.7. The number of pyridine rings is 1. The minimum absolute atomic E-state index is 0.237. The number of hydrogen-bond acceptors (Lipinski definition) is 6. The maximum atomic E-state index is 11.2. The number of carbonyl (C=O) groups excluding carboxylic acids is 1. The van der Waals surface area contributed by atoms with Gasteiger partial charge in [0.15, 0.2) is 0 Å². The van der Waals surface area contributed by atoms with Crippen LogP contribution >= 0.6 is 0 Å². The fourth-order valence-corrected chi connectivity index (χ4v) is 3.64. The number of nitrogens with zero attached hydrogens (tertiary/aromatic N) is 4. The summed E-state index contributed by atoms with van der Waals surface area (Å²) in [5.74, 6) is 0.870. The molecule has 1 fully saturated rings. The third kappa shape index (κ3) is 4.75. The first-order valence-electron chi connectivity index (χ1n) is 9.70. The first kappa shape index (κ1) is 19.0. The molecule has 1 aliphatic heterocycles. The van der Waals surface area contributed by atoms with Crippen molar-refractivity contribution >= 4 is 5.91 Å². The first-order chi connectivity index (χ1) is 14.2. The number of rotatable bonds is 6. The first-order valence-corrected chi connectivity index (χ1v) is 9.70. The molecule has 1 amide bonds. The van der Waals surface area contributed by atoms with Gasteiger partial charge in [-0.3, -0.25) is 19.7 Å². The van der Waals surface area contributed by atoms with Gasteiger partial charge >= 0.3 is 0 Å². The molecular weight excluding hydrogens is 366 g/mol. The van der Waals surface area contributed by atoms with Crippen LogP contribution in [0.2, 0.25) is 0 Å². The van der Waals surface area contributed by atoms with Crippen molar-refractivity contribution < 1.29 is 9.53 Å². The SMILES string of the molecule is NC(=O)c1ccc(Oc2nccnc2C2CCCN(Cc3ccccn3)C2)cc1. The maximum absolute atomic E-state index is 11.2.